The second-order valence-electron chi connectivity index (χ2n) is 5.47. The molecule has 2 aromatic heterocycles. The lowest BCUT2D eigenvalue weighted by atomic mass is 10.2. The highest BCUT2D eigenvalue weighted by Crippen LogP contribution is 2.28. The lowest BCUT2D eigenvalue weighted by molar-refractivity contribution is 0.767. The first kappa shape index (κ1) is 15.8. The minimum absolute atomic E-state index is 0.244. The number of hydrogen-bond donors (Lipinski definition) is 2. The molecule has 0 spiro atoms. The fourth-order valence-corrected chi connectivity index (χ4v) is 2.82. The van der Waals surface area contributed by atoms with Crippen LogP contribution < -0.4 is 10.6 Å². The van der Waals surface area contributed by atoms with Gasteiger partial charge in [-0.05, 0) is 32.2 Å². The molecule has 1 atom stereocenters. The van der Waals surface area contributed by atoms with Gasteiger partial charge in [-0.25, -0.2) is 9.97 Å². The minimum Gasteiger partial charge on any atom is -0.370 e. The van der Waals surface area contributed by atoms with Gasteiger partial charge in [-0.3, -0.25) is 0 Å². The highest BCUT2D eigenvalue weighted by Gasteiger charge is 2.15. The van der Waals surface area contributed by atoms with E-state index >= 15 is 0 Å². The van der Waals surface area contributed by atoms with Crippen LogP contribution in [0.4, 0.5) is 11.6 Å². The molecule has 2 heterocycles. The molecule has 0 aliphatic carbocycles. The number of anilines is 2. The lowest BCUT2D eigenvalue weighted by Gasteiger charge is -2.19. The first-order valence-electron chi connectivity index (χ1n) is 7.45. The summed E-state index contributed by atoms with van der Waals surface area (Å²) in [6.45, 7) is 11.4. The van der Waals surface area contributed by atoms with Crippen LogP contribution in [0.1, 0.15) is 55.9 Å². The highest BCUT2D eigenvalue weighted by atomic mass is 32.1. The van der Waals surface area contributed by atoms with Crippen molar-refractivity contribution < 1.29 is 0 Å². The van der Waals surface area contributed by atoms with Gasteiger partial charge in [-0.15, -0.1) is 11.3 Å². The maximum atomic E-state index is 4.71. The number of thiophene rings is 1. The molecule has 0 saturated heterocycles. The summed E-state index contributed by atoms with van der Waals surface area (Å²) in [6.07, 6.45) is 0. The van der Waals surface area contributed by atoms with Crippen molar-refractivity contribution in [1.82, 2.24) is 9.97 Å². The van der Waals surface area contributed by atoms with E-state index in [1.807, 2.05) is 0 Å². The van der Waals surface area contributed by atoms with E-state index in [9.17, 15) is 0 Å². The third-order valence-electron chi connectivity index (χ3n) is 3.35. The zero-order valence-electron chi connectivity index (χ0n) is 13.4. The van der Waals surface area contributed by atoms with E-state index in [2.05, 4.69) is 67.7 Å². The van der Waals surface area contributed by atoms with Crippen LogP contribution in [0.2, 0.25) is 0 Å². The Morgan fingerprint density at radius 2 is 1.90 bits per heavy atom. The van der Waals surface area contributed by atoms with E-state index in [0.29, 0.717) is 5.92 Å². The molecule has 0 aromatic carbocycles. The number of rotatable bonds is 6. The molecule has 0 aliphatic rings. The van der Waals surface area contributed by atoms with Crippen molar-refractivity contribution in [2.24, 2.45) is 0 Å². The Morgan fingerprint density at radius 3 is 2.48 bits per heavy atom. The molecule has 4 nitrogen and oxygen atoms in total. The van der Waals surface area contributed by atoms with Crippen LogP contribution >= 0.6 is 11.3 Å². The summed E-state index contributed by atoms with van der Waals surface area (Å²) in [6, 6.07) is 4.47. The average molecular weight is 304 g/mol. The van der Waals surface area contributed by atoms with Crippen LogP contribution in [0.5, 0.6) is 0 Å². The van der Waals surface area contributed by atoms with Gasteiger partial charge in [0.2, 0.25) is 0 Å². The zero-order chi connectivity index (χ0) is 15.4. The highest BCUT2D eigenvalue weighted by molar-refractivity contribution is 7.10. The first-order valence-corrected chi connectivity index (χ1v) is 8.33. The Balaban J connectivity index is 2.32. The molecule has 5 heteroatoms. The second kappa shape index (κ2) is 6.89. The number of nitrogens with one attached hydrogen (secondary N) is 2. The van der Waals surface area contributed by atoms with Crippen molar-refractivity contribution >= 4 is 23.0 Å². The van der Waals surface area contributed by atoms with E-state index in [1.165, 1.54) is 4.88 Å². The Hall–Kier alpha value is -1.62. The summed E-state index contributed by atoms with van der Waals surface area (Å²) in [5.74, 6) is 3.03. The predicted octanol–water partition coefficient (Wildman–Crippen LogP) is 4.57. The van der Waals surface area contributed by atoms with Gasteiger partial charge >= 0.3 is 0 Å². The van der Waals surface area contributed by atoms with Crippen LogP contribution in [-0.2, 0) is 0 Å². The largest absolute Gasteiger partial charge is 0.370 e. The third-order valence-corrected chi connectivity index (χ3v) is 4.40. The fourth-order valence-electron chi connectivity index (χ4n) is 2.09. The van der Waals surface area contributed by atoms with Gasteiger partial charge < -0.3 is 10.6 Å². The molecule has 0 amide bonds. The van der Waals surface area contributed by atoms with Crippen molar-refractivity contribution in [3.63, 3.8) is 0 Å². The summed E-state index contributed by atoms with van der Waals surface area (Å²) in [5, 5.41) is 8.96. The predicted molar refractivity (Wildman–Crippen MR) is 91.4 cm³/mol. The maximum absolute atomic E-state index is 4.71. The number of nitrogens with zero attached hydrogens (tertiary/aromatic N) is 2. The van der Waals surface area contributed by atoms with E-state index < -0.39 is 0 Å². The van der Waals surface area contributed by atoms with Crippen LogP contribution in [0.15, 0.2) is 17.5 Å². The smallest absolute Gasteiger partial charge is 0.135 e. The van der Waals surface area contributed by atoms with E-state index in [1.54, 1.807) is 11.3 Å². The Bertz CT molecular complexity index is 578. The van der Waals surface area contributed by atoms with Crippen molar-refractivity contribution in [2.45, 2.75) is 46.6 Å². The van der Waals surface area contributed by atoms with E-state index in [4.69, 9.17) is 4.98 Å². The first-order chi connectivity index (χ1) is 10.0. The summed E-state index contributed by atoms with van der Waals surface area (Å²) in [7, 11) is 0. The van der Waals surface area contributed by atoms with Gasteiger partial charge in [-0.2, -0.15) is 0 Å². The van der Waals surface area contributed by atoms with Gasteiger partial charge in [0.25, 0.3) is 0 Å². The van der Waals surface area contributed by atoms with Gasteiger partial charge in [-0.1, -0.05) is 19.9 Å². The molecule has 0 saturated carbocycles. The summed E-state index contributed by atoms with van der Waals surface area (Å²) in [4.78, 5) is 10.6. The Morgan fingerprint density at radius 1 is 1.19 bits per heavy atom. The quantitative estimate of drug-likeness (QED) is 0.820. The van der Waals surface area contributed by atoms with Gasteiger partial charge in [0, 0.05) is 22.9 Å². The maximum Gasteiger partial charge on any atom is 0.135 e. The SMILES string of the molecule is CCNc1nc(C(C)C)nc(NC(C)c2cccs2)c1C. The number of hydrogen-bond acceptors (Lipinski definition) is 5. The number of aromatic nitrogens is 2. The van der Waals surface area contributed by atoms with Crippen LogP contribution in [0.25, 0.3) is 0 Å². The average Bonchev–Trinajstić information content (AvgIpc) is 2.97. The monoisotopic (exact) mass is 304 g/mol. The van der Waals surface area contributed by atoms with Gasteiger partial charge in [0.1, 0.15) is 17.5 Å². The van der Waals surface area contributed by atoms with Crippen molar-refractivity contribution in [2.75, 3.05) is 17.2 Å². The van der Waals surface area contributed by atoms with Crippen molar-refractivity contribution in [3.8, 4) is 0 Å². The Kier molecular flexibility index (Phi) is 5.17. The molecule has 21 heavy (non-hydrogen) atoms. The molecular formula is C16H24N4S. The molecule has 0 aliphatic heterocycles. The molecule has 0 radical (unpaired) electrons. The molecule has 2 N–H and O–H groups in total. The summed E-state index contributed by atoms with van der Waals surface area (Å²) >= 11 is 1.76. The topological polar surface area (TPSA) is 49.8 Å². The second-order valence-corrected chi connectivity index (χ2v) is 6.45. The molecule has 0 fully saturated rings. The fraction of sp³-hybridized carbons (Fsp3) is 0.500. The van der Waals surface area contributed by atoms with Crippen molar-refractivity contribution in [3.05, 3.63) is 33.8 Å². The van der Waals surface area contributed by atoms with Crippen molar-refractivity contribution in [1.29, 1.82) is 0 Å². The zero-order valence-corrected chi connectivity index (χ0v) is 14.2. The van der Waals surface area contributed by atoms with Crippen LogP contribution in [0, 0.1) is 6.92 Å². The molecular weight excluding hydrogens is 280 g/mol. The van der Waals surface area contributed by atoms with Crippen LogP contribution in [-0.4, -0.2) is 16.5 Å². The molecule has 2 aromatic rings. The molecule has 0 bridgehead atoms. The summed E-state index contributed by atoms with van der Waals surface area (Å²) in [5.41, 5.74) is 1.07. The van der Waals surface area contributed by atoms with E-state index in [-0.39, 0.29) is 6.04 Å². The Labute approximate surface area is 131 Å². The normalized spacial score (nSPS) is 12.5. The lowest BCUT2D eigenvalue weighted by Crippen LogP contribution is -2.13. The van der Waals surface area contributed by atoms with Crippen LogP contribution in [0.3, 0.4) is 0 Å². The molecule has 1 unspecified atom stereocenters. The van der Waals surface area contributed by atoms with Gasteiger partial charge in [0.05, 0.1) is 6.04 Å². The molecule has 114 valence electrons. The molecule has 2 rings (SSSR count). The third kappa shape index (κ3) is 3.73. The minimum atomic E-state index is 0.244. The van der Waals surface area contributed by atoms with E-state index in [0.717, 1.165) is 29.6 Å². The van der Waals surface area contributed by atoms with Gasteiger partial charge in [0.15, 0.2) is 0 Å². The summed E-state index contributed by atoms with van der Waals surface area (Å²) < 4.78 is 0. The standard InChI is InChI=1S/C16H24N4S/c1-6-17-15-11(4)16(20-14(19-15)10(2)3)18-12(5)13-8-7-9-21-13/h7-10,12H,6H2,1-5H3,(H2,17,18,19,20).